The van der Waals surface area contributed by atoms with Crippen molar-refractivity contribution in [3.05, 3.63) is 69.8 Å². The monoisotopic (exact) mass is 342 g/mol. The molecular formula is C20H19FO4. The van der Waals surface area contributed by atoms with Gasteiger partial charge in [-0.15, -0.1) is 0 Å². The highest BCUT2D eigenvalue weighted by atomic mass is 19.1. The smallest absolute Gasteiger partial charge is 0.339 e. The number of hydrogen-bond acceptors (Lipinski definition) is 4. The first kappa shape index (κ1) is 17.0. The number of hydrogen-bond donors (Lipinski definition) is 0. The third kappa shape index (κ3) is 3.82. The predicted molar refractivity (Wildman–Crippen MR) is 94.0 cm³/mol. The molecule has 3 rings (SSSR count). The molecule has 0 unspecified atom stereocenters. The first-order chi connectivity index (χ1) is 12.1. The molecule has 25 heavy (non-hydrogen) atoms. The number of ether oxygens (including phenoxy) is 2. The highest BCUT2D eigenvalue weighted by molar-refractivity contribution is 5.85. The third-order valence-electron chi connectivity index (χ3n) is 3.86. The molecule has 0 aliphatic heterocycles. The van der Waals surface area contributed by atoms with Crippen molar-refractivity contribution in [2.24, 2.45) is 0 Å². The van der Waals surface area contributed by atoms with Gasteiger partial charge in [-0.2, -0.15) is 0 Å². The van der Waals surface area contributed by atoms with E-state index in [2.05, 4.69) is 0 Å². The molecule has 0 saturated heterocycles. The van der Waals surface area contributed by atoms with Crippen molar-refractivity contribution >= 4 is 11.0 Å². The van der Waals surface area contributed by atoms with Crippen LogP contribution in [-0.2, 0) is 6.42 Å². The van der Waals surface area contributed by atoms with Gasteiger partial charge in [-0.1, -0.05) is 19.1 Å². The zero-order valence-corrected chi connectivity index (χ0v) is 14.2. The third-order valence-corrected chi connectivity index (χ3v) is 3.86. The Morgan fingerprint density at radius 1 is 1.12 bits per heavy atom. The first-order valence-corrected chi connectivity index (χ1v) is 8.12. The van der Waals surface area contributed by atoms with Gasteiger partial charge in [0.1, 0.15) is 22.9 Å². The van der Waals surface area contributed by atoms with E-state index < -0.39 is 5.63 Å². The SMILES string of the molecule is CCCOc1cc(OC)c2cc(Cc3ccc(F)cc3)c(=O)oc2c1. The zero-order chi connectivity index (χ0) is 17.8. The summed E-state index contributed by atoms with van der Waals surface area (Å²) in [5.41, 5.74) is 1.30. The van der Waals surface area contributed by atoms with E-state index in [-0.39, 0.29) is 5.82 Å². The molecule has 0 spiro atoms. The van der Waals surface area contributed by atoms with E-state index in [0.717, 1.165) is 12.0 Å². The van der Waals surface area contributed by atoms with E-state index in [1.807, 2.05) is 6.92 Å². The van der Waals surface area contributed by atoms with Gasteiger partial charge < -0.3 is 13.9 Å². The van der Waals surface area contributed by atoms with Crippen molar-refractivity contribution < 1.29 is 18.3 Å². The molecule has 0 aliphatic carbocycles. The van der Waals surface area contributed by atoms with Crippen molar-refractivity contribution in [3.63, 3.8) is 0 Å². The van der Waals surface area contributed by atoms with E-state index in [0.29, 0.717) is 41.1 Å². The molecule has 1 aromatic heterocycles. The maximum Gasteiger partial charge on any atom is 0.339 e. The molecule has 0 fully saturated rings. The fraction of sp³-hybridized carbons (Fsp3) is 0.250. The topological polar surface area (TPSA) is 48.7 Å². The molecule has 0 aliphatic rings. The summed E-state index contributed by atoms with van der Waals surface area (Å²) < 4.78 is 29.5. The summed E-state index contributed by atoms with van der Waals surface area (Å²) in [4.78, 5) is 12.3. The van der Waals surface area contributed by atoms with Crippen LogP contribution in [-0.4, -0.2) is 13.7 Å². The highest BCUT2D eigenvalue weighted by Gasteiger charge is 2.12. The molecule has 1 heterocycles. The summed E-state index contributed by atoms with van der Waals surface area (Å²) in [7, 11) is 1.56. The molecule has 0 amide bonds. The van der Waals surface area contributed by atoms with Gasteiger partial charge in [-0.05, 0) is 30.2 Å². The lowest BCUT2D eigenvalue weighted by Crippen LogP contribution is -2.08. The lowest BCUT2D eigenvalue weighted by molar-refractivity contribution is 0.314. The molecule has 130 valence electrons. The molecule has 3 aromatic rings. The Hall–Kier alpha value is -2.82. The van der Waals surface area contributed by atoms with E-state index in [1.165, 1.54) is 12.1 Å². The van der Waals surface area contributed by atoms with Crippen LogP contribution in [0.4, 0.5) is 4.39 Å². The summed E-state index contributed by atoms with van der Waals surface area (Å²) in [6.45, 7) is 2.58. The Bertz CT molecular complexity index is 929. The number of halogens is 1. The lowest BCUT2D eigenvalue weighted by Gasteiger charge is -2.10. The first-order valence-electron chi connectivity index (χ1n) is 8.12. The van der Waals surface area contributed by atoms with Crippen LogP contribution in [0.1, 0.15) is 24.5 Å². The van der Waals surface area contributed by atoms with Crippen LogP contribution in [0, 0.1) is 5.82 Å². The van der Waals surface area contributed by atoms with Crippen LogP contribution in [0.2, 0.25) is 0 Å². The summed E-state index contributed by atoms with van der Waals surface area (Å²) in [6.07, 6.45) is 1.23. The van der Waals surface area contributed by atoms with Crippen molar-refractivity contribution in [3.8, 4) is 11.5 Å². The van der Waals surface area contributed by atoms with Crippen LogP contribution in [0.5, 0.6) is 11.5 Å². The number of benzene rings is 2. The van der Waals surface area contributed by atoms with E-state index in [1.54, 1.807) is 37.4 Å². The van der Waals surface area contributed by atoms with Crippen molar-refractivity contribution in [1.29, 1.82) is 0 Å². The largest absolute Gasteiger partial charge is 0.496 e. The maximum atomic E-state index is 13.0. The van der Waals surface area contributed by atoms with Crippen LogP contribution in [0.25, 0.3) is 11.0 Å². The summed E-state index contributed by atoms with van der Waals surface area (Å²) in [6, 6.07) is 11.3. The Labute approximate surface area is 144 Å². The predicted octanol–water partition coefficient (Wildman–Crippen LogP) is 4.32. The average Bonchev–Trinajstić information content (AvgIpc) is 2.62. The van der Waals surface area contributed by atoms with Crippen LogP contribution < -0.4 is 15.1 Å². The minimum absolute atomic E-state index is 0.310. The zero-order valence-electron chi connectivity index (χ0n) is 14.2. The van der Waals surface area contributed by atoms with Gasteiger partial charge in [0.05, 0.1) is 19.1 Å². The van der Waals surface area contributed by atoms with Crippen LogP contribution >= 0.6 is 0 Å². The number of methoxy groups -OCH3 is 1. The van der Waals surface area contributed by atoms with E-state index in [9.17, 15) is 9.18 Å². The molecular weight excluding hydrogens is 323 g/mol. The fourth-order valence-electron chi connectivity index (χ4n) is 2.62. The van der Waals surface area contributed by atoms with Gasteiger partial charge in [0.2, 0.25) is 0 Å². The van der Waals surface area contributed by atoms with Gasteiger partial charge in [0, 0.05) is 24.1 Å². The van der Waals surface area contributed by atoms with E-state index in [4.69, 9.17) is 13.9 Å². The van der Waals surface area contributed by atoms with Gasteiger partial charge in [0.15, 0.2) is 0 Å². The van der Waals surface area contributed by atoms with E-state index >= 15 is 0 Å². The summed E-state index contributed by atoms with van der Waals surface area (Å²) in [5.74, 6) is 0.865. The molecule has 2 aromatic carbocycles. The van der Waals surface area contributed by atoms with Gasteiger partial charge >= 0.3 is 5.63 Å². The Kier molecular flexibility index (Phi) is 5.03. The van der Waals surface area contributed by atoms with Crippen molar-refractivity contribution in [2.45, 2.75) is 19.8 Å². The normalized spacial score (nSPS) is 10.8. The molecule has 0 saturated carbocycles. The maximum absolute atomic E-state index is 13.0. The van der Waals surface area contributed by atoms with Crippen LogP contribution in [0.15, 0.2) is 51.7 Å². The summed E-state index contributed by atoms with van der Waals surface area (Å²) >= 11 is 0. The number of rotatable bonds is 6. The second-order valence-electron chi connectivity index (χ2n) is 5.75. The second kappa shape index (κ2) is 7.38. The van der Waals surface area contributed by atoms with Gasteiger partial charge in [-0.25, -0.2) is 9.18 Å². The number of fused-ring (bicyclic) bond motifs is 1. The Balaban J connectivity index is 2.02. The average molecular weight is 342 g/mol. The summed E-state index contributed by atoms with van der Waals surface area (Å²) in [5, 5.41) is 0.697. The minimum Gasteiger partial charge on any atom is -0.496 e. The molecule has 4 nitrogen and oxygen atoms in total. The Morgan fingerprint density at radius 3 is 2.56 bits per heavy atom. The molecule has 0 atom stereocenters. The Morgan fingerprint density at radius 2 is 1.88 bits per heavy atom. The molecule has 0 N–H and O–H groups in total. The quantitative estimate of drug-likeness (QED) is 0.626. The molecule has 0 bridgehead atoms. The van der Waals surface area contributed by atoms with Crippen LogP contribution in [0.3, 0.4) is 0 Å². The second-order valence-corrected chi connectivity index (χ2v) is 5.75. The highest BCUT2D eigenvalue weighted by Crippen LogP contribution is 2.31. The van der Waals surface area contributed by atoms with Crippen molar-refractivity contribution in [1.82, 2.24) is 0 Å². The molecule has 5 heteroatoms. The lowest BCUT2D eigenvalue weighted by atomic mass is 10.0. The molecule has 0 radical (unpaired) electrons. The fourth-order valence-corrected chi connectivity index (χ4v) is 2.62. The van der Waals surface area contributed by atoms with Gasteiger partial charge in [0.25, 0.3) is 0 Å². The standard InChI is InChI=1S/C20H19FO4/c1-3-8-24-16-11-18(23-2)17-10-14(20(22)25-19(17)12-16)9-13-4-6-15(21)7-5-13/h4-7,10-12H,3,8-9H2,1-2H3. The van der Waals surface area contributed by atoms with Gasteiger partial charge in [-0.3, -0.25) is 0 Å². The van der Waals surface area contributed by atoms with Crippen molar-refractivity contribution in [2.75, 3.05) is 13.7 Å². The minimum atomic E-state index is -0.425.